The molecule has 0 aromatic heterocycles. The number of nitrogens with two attached hydrogens (primary N) is 1. The molecule has 4 atom stereocenters. The fourth-order valence-corrected chi connectivity index (χ4v) is 6.98. The molecule has 5 amide bonds. The molecule has 0 spiro atoms. The van der Waals surface area contributed by atoms with Gasteiger partial charge in [0.2, 0.25) is 17.7 Å². The molecular weight excluding hydrogens is 872 g/mol. The zero-order chi connectivity index (χ0) is 47.4. The lowest BCUT2D eigenvalue weighted by Gasteiger charge is -2.17. The molecule has 1 saturated carbocycles. The van der Waals surface area contributed by atoms with Crippen LogP contribution < -0.4 is 32.3 Å². The summed E-state index contributed by atoms with van der Waals surface area (Å²) < 4.78 is 10.2. The molecule has 0 heterocycles. The van der Waals surface area contributed by atoms with Crippen LogP contribution in [0.1, 0.15) is 83.5 Å². The Morgan fingerprint density at radius 2 is 1.10 bits per heavy atom. The standard InChI is InChI=1S/C32H36N4O4.C19H22N4O3.ClH/c1-21-7-6-10-26(17-21)27-15-16-28(18-27)31(38)35-22(2)30(37)34-19-23-11-13-25(14-12-23)29(33)36-32(39)40-20-24-8-4-3-5-9-24;1-13(20)18(24)22-11-14-7-9-16(10-8-14)17(21)23-19(25)26-12-15-5-3-2-4-6-15;/h3-14,17,22,27-28H,15-16,18-20H2,1-2H3,(H,34,37)(H,35,38)(H2,33,36,39);2-10,13H,11-12,20H2,1H3,(H,22,24)(H2,21,23,25);1H/t22-,27+,28+;13-;/m00./s1. The van der Waals surface area contributed by atoms with Crippen molar-refractivity contribution in [2.24, 2.45) is 11.7 Å². The summed E-state index contributed by atoms with van der Waals surface area (Å²) in [6.45, 7) is 6.25. The predicted molar refractivity (Wildman–Crippen MR) is 260 cm³/mol. The monoisotopic (exact) mass is 930 g/mol. The Morgan fingerprint density at radius 1 is 0.627 bits per heavy atom. The molecule has 5 aromatic rings. The number of hydrogen-bond acceptors (Lipinski definition) is 10. The lowest BCUT2D eigenvalue weighted by atomic mass is 9.95. The molecule has 352 valence electrons. The van der Waals surface area contributed by atoms with E-state index >= 15 is 0 Å². The second-order valence-electron chi connectivity index (χ2n) is 16.1. The van der Waals surface area contributed by atoms with E-state index in [4.69, 9.17) is 26.0 Å². The molecule has 1 aliphatic carbocycles. The van der Waals surface area contributed by atoms with Crippen LogP contribution in [0.5, 0.6) is 0 Å². The lowest BCUT2D eigenvalue weighted by Crippen LogP contribution is -2.46. The van der Waals surface area contributed by atoms with Crippen LogP contribution in [0.15, 0.2) is 133 Å². The van der Waals surface area contributed by atoms with Gasteiger partial charge < -0.3 is 31.2 Å². The molecule has 0 saturated heterocycles. The van der Waals surface area contributed by atoms with Crippen LogP contribution in [0.2, 0.25) is 0 Å². The molecule has 0 radical (unpaired) electrons. The molecule has 16 heteroatoms. The second kappa shape index (κ2) is 26.6. The minimum absolute atomic E-state index is 0. The van der Waals surface area contributed by atoms with Crippen molar-refractivity contribution in [3.63, 3.8) is 0 Å². The zero-order valence-corrected chi connectivity index (χ0v) is 38.6. The average Bonchev–Trinajstić information content (AvgIpc) is 3.83. The van der Waals surface area contributed by atoms with E-state index in [1.165, 1.54) is 11.1 Å². The second-order valence-corrected chi connectivity index (χ2v) is 16.1. The number of carbonyl (C=O) groups is 5. The van der Waals surface area contributed by atoms with Gasteiger partial charge in [0, 0.05) is 30.1 Å². The highest BCUT2D eigenvalue weighted by Gasteiger charge is 2.32. The van der Waals surface area contributed by atoms with Gasteiger partial charge in [0.1, 0.15) is 30.9 Å². The van der Waals surface area contributed by atoms with Gasteiger partial charge in [-0.05, 0) is 73.8 Å². The summed E-state index contributed by atoms with van der Waals surface area (Å²) in [6.07, 6.45) is 1.20. The number of amidine groups is 2. The van der Waals surface area contributed by atoms with E-state index in [0.717, 1.165) is 41.5 Å². The van der Waals surface area contributed by atoms with Crippen molar-refractivity contribution in [2.45, 2.75) is 84.3 Å². The molecule has 5 aromatic carbocycles. The average molecular weight is 932 g/mol. The molecule has 67 heavy (non-hydrogen) atoms. The van der Waals surface area contributed by atoms with Crippen molar-refractivity contribution in [2.75, 3.05) is 0 Å². The smallest absolute Gasteiger partial charge is 0.413 e. The van der Waals surface area contributed by atoms with E-state index in [2.05, 4.69) is 57.8 Å². The maximum absolute atomic E-state index is 12.8. The summed E-state index contributed by atoms with van der Waals surface area (Å²) in [5.74, 6) is -0.427. The third-order valence-corrected chi connectivity index (χ3v) is 10.8. The summed E-state index contributed by atoms with van der Waals surface area (Å²) in [6, 6.07) is 39.7. The molecular formula is C51H59ClN8O7. The van der Waals surface area contributed by atoms with E-state index in [1.54, 1.807) is 62.4 Å². The van der Waals surface area contributed by atoms with Crippen molar-refractivity contribution in [3.05, 3.63) is 178 Å². The van der Waals surface area contributed by atoms with Gasteiger partial charge >= 0.3 is 12.2 Å². The Morgan fingerprint density at radius 3 is 1.57 bits per heavy atom. The fourth-order valence-electron chi connectivity index (χ4n) is 6.98. The van der Waals surface area contributed by atoms with Crippen LogP contribution >= 0.6 is 12.4 Å². The van der Waals surface area contributed by atoms with Crippen molar-refractivity contribution in [1.29, 1.82) is 10.8 Å². The Labute approximate surface area is 397 Å². The van der Waals surface area contributed by atoms with Crippen molar-refractivity contribution in [3.8, 4) is 0 Å². The first-order valence-electron chi connectivity index (χ1n) is 21.7. The van der Waals surface area contributed by atoms with Gasteiger partial charge in [-0.15, -0.1) is 12.4 Å². The Hall–Kier alpha value is -7.36. The highest BCUT2D eigenvalue weighted by molar-refractivity contribution is 6.05. The minimum atomic E-state index is -0.704. The van der Waals surface area contributed by atoms with Gasteiger partial charge in [-0.1, -0.05) is 139 Å². The fraction of sp³-hybridized carbons (Fsp3) is 0.275. The molecule has 9 N–H and O–H groups in total. The summed E-state index contributed by atoms with van der Waals surface area (Å²) >= 11 is 0. The number of amides is 5. The predicted octanol–water partition coefficient (Wildman–Crippen LogP) is 7.28. The van der Waals surface area contributed by atoms with E-state index in [0.29, 0.717) is 23.6 Å². The van der Waals surface area contributed by atoms with Gasteiger partial charge in [0.15, 0.2) is 0 Å². The number of ether oxygens (including phenoxy) is 2. The SMILES string of the molecule is C[C@H](N)C(=O)NCc1ccc(C(=N)NC(=O)OCc2ccccc2)cc1.Cc1cccc([C@@H]2CC[C@@H](C(=O)N[C@@H](C)C(=O)NCc3ccc(C(=N)NC(=O)OCc4ccccc4)cc3)C2)c1.Cl. The first-order chi connectivity index (χ1) is 31.7. The number of aryl methyl sites for hydroxylation is 1. The molecule has 1 aliphatic rings. The number of halogens is 1. The minimum Gasteiger partial charge on any atom is -0.444 e. The molecule has 0 aliphatic heterocycles. The third-order valence-electron chi connectivity index (χ3n) is 10.8. The summed E-state index contributed by atoms with van der Waals surface area (Å²) in [5, 5.41) is 29.3. The number of carbonyl (C=O) groups excluding carboxylic acids is 5. The van der Waals surface area contributed by atoms with Crippen molar-refractivity contribution >= 4 is 54.0 Å². The first kappa shape index (κ1) is 52.3. The van der Waals surface area contributed by atoms with Crippen LogP contribution in [-0.4, -0.2) is 53.7 Å². The van der Waals surface area contributed by atoms with E-state index in [9.17, 15) is 24.0 Å². The van der Waals surface area contributed by atoms with Crippen LogP contribution in [-0.2, 0) is 50.2 Å². The topological polar surface area (TPSA) is 238 Å². The van der Waals surface area contributed by atoms with Crippen LogP contribution in [0.3, 0.4) is 0 Å². The lowest BCUT2D eigenvalue weighted by molar-refractivity contribution is -0.130. The van der Waals surface area contributed by atoms with Crippen LogP contribution in [0.25, 0.3) is 0 Å². The number of nitrogens with one attached hydrogen (secondary N) is 7. The maximum Gasteiger partial charge on any atom is 0.413 e. The molecule has 6 rings (SSSR count). The largest absolute Gasteiger partial charge is 0.444 e. The summed E-state index contributed by atoms with van der Waals surface area (Å²) in [5.41, 5.74) is 12.4. The number of alkyl carbamates (subject to hydrolysis) is 2. The number of hydrogen-bond donors (Lipinski definition) is 8. The maximum atomic E-state index is 12.8. The number of rotatable bonds is 15. The van der Waals surface area contributed by atoms with Gasteiger partial charge in [0.05, 0.1) is 6.04 Å². The summed E-state index contributed by atoms with van der Waals surface area (Å²) in [4.78, 5) is 60.7. The third kappa shape index (κ3) is 17.5. The normalized spacial score (nSPS) is 14.5. The quantitative estimate of drug-likeness (QED) is 0.0391. The molecule has 1 fully saturated rings. The molecule has 0 unspecified atom stereocenters. The van der Waals surface area contributed by atoms with Gasteiger partial charge in [-0.25, -0.2) is 9.59 Å². The number of benzene rings is 5. The van der Waals surface area contributed by atoms with Crippen LogP contribution in [0.4, 0.5) is 9.59 Å². The highest BCUT2D eigenvalue weighted by Crippen LogP contribution is 2.38. The van der Waals surface area contributed by atoms with Gasteiger partial charge in [-0.2, -0.15) is 0 Å². The Bertz CT molecular complexity index is 2440. The van der Waals surface area contributed by atoms with Gasteiger partial charge in [0.25, 0.3) is 0 Å². The van der Waals surface area contributed by atoms with Crippen LogP contribution in [0, 0.1) is 23.7 Å². The van der Waals surface area contributed by atoms with E-state index in [1.807, 2.05) is 60.7 Å². The van der Waals surface area contributed by atoms with Crippen molar-refractivity contribution in [1.82, 2.24) is 26.6 Å². The summed E-state index contributed by atoms with van der Waals surface area (Å²) in [7, 11) is 0. The molecule has 15 nitrogen and oxygen atoms in total. The highest BCUT2D eigenvalue weighted by atomic mass is 35.5. The van der Waals surface area contributed by atoms with Gasteiger partial charge in [-0.3, -0.25) is 35.8 Å². The Balaban J connectivity index is 0.000000315. The van der Waals surface area contributed by atoms with E-state index in [-0.39, 0.29) is 67.5 Å². The van der Waals surface area contributed by atoms with Crippen molar-refractivity contribution < 1.29 is 33.4 Å². The molecule has 0 bridgehead atoms. The zero-order valence-electron chi connectivity index (χ0n) is 37.8. The first-order valence-corrected chi connectivity index (χ1v) is 21.7. The Kier molecular flexibility index (Phi) is 20.7. The van der Waals surface area contributed by atoms with E-state index < -0.39 is 24.3 Å².